The molecule has 0 aliphatic carbocycles. The summed E-state index contributed by atoms with van der Waals surface area (Å²) < 4.78 is 23.2. The number of sulfone groups is 1. The third kappa shape index (κ3) is 3.01. The topological polar surface area (TPSA) is 91.7 Å². The molecule has 0 bridgehead atoms. The van der Waals surface area contributed by atoms with Crippen LogP contribution in [0, 0.1) is 5.41 Å². The maximum absolute atomic E-state index is 11.6. The lowest BCUT2D eigenvalue weighted by Gasteiger charge is -2.21. The standard InChI is InChI=1S/C12H16O5S/c1-12(2,11(14)15)7-8-9(13)5-4-6-10(8)18(3,16)17/h4-6,13H,7H2,1-3H3,(H,14,15). The molecular formula is C12H16O5S. The van der Waals surface area contributed by atoms with Crippen LogP contribution in [0.4, 0.5) is 0 Å². The van der Waals surface area contributed by atoms with Crippen molar-refractivity contribution < 1.29 is 23.4 Å². The van der Waals surface area contributed by atoms with Gasteiger partial charge in [-0.15, -0.1) is 0 Å². The van der Waals surface area contributed by atoms with Crippen LogP contribution in [0.25, 0.3) is 0 Å². The number of aromatic hydroxyl groups is 1. The Balaban J connectivity index is 3.37. The van der Waals surface area contributed by atoms with E-state index in [-0.39, 0.29) is 22.6 Å². The van der Waals surface area contributed by atoms with Crippen molar-refractivity contribution in [2.45, 2.75) is 25.2 Å². The Kier molecular flexibility index (Phi) is 3.71. The molecule has 0 heterocycles. The largest absolute Gasteiger partial charge is 0.508 e. The fraction of sp³-hybridized carbons (Fsp3) is 0.417. The van der Waals surface area contributed by atoms with Gasteiger partial charge >= 0.3 is 5.97 Å². The normalized spacial score (nSPS) is 12.4. The molecule has 0 atom stereocenters. The predicted octanol–water partition coefficient (Wildman–Crippen LogP) is 1.45. The number of rotatable bonds is 4. The smallest absolute Gasteiger partial charge is 0.309 e. The Labute approximate surface area is 106 Å². The van der Waals surface area contributed by atoms with Crippen LogP contribution in [-0.2, 0) is 21.1 Å². The second kappa shape index (κ2) is 4.61. The van der Waals surface area contributed by atoms with Gasteiger partial charge in [-0.2, -0.15) is 0 Å². The molecule has 0 spiro atoms. The van der Waals surface area contributed by atoms with Crippen LogP contribution in [0.2, 0.25) is 0 Å². The van der Waals surface area contributed by atoms with E-state index in [1.165, 1.54) is 32.0 Å². The minimum absolute atomic E-state index is 0.0307. The molecule has 0 aliphatic rings. The molecule has 0 unspecified atom stereocenters. The number of phenols is 1. The molecule has 18 heavy (non-hydrogen) atoms. The van der Waals surface area contributed by atoms with Gasteiger partial charge in [-0.3, -0.25) is 4.79 Å². The van der Waals surface area contributed by atoms with E-state index >= 15 is 0 Å². The average molecular weight is 272 g/mol. The second-order valence-electron chi connectivity index (χ2n) is 4.89. The maximum Gasteiger partial charge on any atom is 0.309 e. The minimum Gasteiger partial charge on any atom is -0.508 e. The Morgan fingerprint density at radius 2 is 1.89 bits per heavy atom. The van der Waals surface area contributed by atoms with E-state index in [0.29, 0.717) is 0 Å². The number of carboxylic acid groups (broad SMARTS) is 1. The van der Waals surface area contributed by atoms with E-state index < -0.39 is 21.2 Å². The van der Waals surface area contributed by atoms with Gasteiger partial charge in [-0.1, -0.05) is 6.07 Å². The highest BCUT2D eigenvalue weighted by atomic mass is 32.2. The SMILES string of the molecule is CC(C)(Cc1c(O)cccc1S(C)(=O)=O)C(=O)O. The van der Waals surface area contributed by atoms with Gasteiger partial charge in [-0.05, 0) is 32.4 Å². The quantitative estimate of drug-likeness (QED) is 0.865. The minimum atomic E-state index is -3.51. The Morgan fingerprint density at radius 3 is 2.33 bits per heavy atom. The van der Waals surface area contributed by atoms with Crippen molar-refractivity contribution >= 4 is 15.8 Å². The van der Waals surface area contributed by atoms with Crippen molar-refractivity contribution in [1.29, 1.82) is 0 Å². The highest BCUT2D eigenvalue weighted by molar-refractivity contribution is 7.90. The first kappa shape index (κ1) is 14.5. The van der Waals surface area contributed by atoms with E-state index in [2.05, 4.69) is 0 Å². The number of phenolic OH excluding ortho intramolecular Hbond substituents is 1. The monoisotopic (exact) mass is 272 g/mol. The van der Waals surface area contributed by atoms with Crippen LogP contribution in [0.5, 0.6) is 5.75 Å². The Hall–Kier alpha value is -1.56. The van der Waals surface area contributed by atoms with Gasteiger partial charge in [0.05, 0.1) is 10.3 Å². The van der Waals surface area contributed by atoms with Crippen molar-refractivity contribution in [3.63, 3.8) is 0 Å². The lowest BCUT2D eigenvalue weighted by atomic mass is 9.85. The predicted molar refractivity (Wildman–Crippen MR) is 66.3 cm³/mol. The van der Waals surface area contributed by atoms with Crippen LogP contribution in [-0.4, -0.2) is 30.9 Å². The van der Waals surface area contributed by atoms with Gasteiger partial charge < -0.3 is 10.2 Å². The van der Waals surface area contributed by atoms with Crippen LogP contribution < -0.4 is 0 Å². The van der Waals surface area contributed by atoms with Gasteiger partial charge in [-0.25, -0.2) is 8.42 Å². The van der Waals surface area contributed by atoms with E-state index in [4.69, 9.17) is 5.11 Å². The summed E-state index contributed by atoms with van der Waals surface area (Å²) in [5, 5.41) is 18.8. The molecule has 5 nitrogen and oxygen atoms in total. The van der Waals surface area contributed by atoms with Gasteiger partial charge in [0.2, 0.25) is 0 Å². The molecule has 0 saturated carbocycles. The fourth-order valence-electron chi connectivity index (χ4n) is 1.60. The summed E-state index contributed by atoms with van der Waals surface area (Å²) in [5.74, 6) is -1.25. The summed E-state index contributed by atoms with van der Waals surface area (Å²) >= 11 is 0. The molecule has 0 amide bonds. The van der Waals surface area contributed by atoms with Crippen LogP contribution in [0.1, 0.15) is 19.4 Å². The number of benzene rings is 1. The highest BCUT2D eigenvalue weighted by Crippen LogP contribution is 2.32. The van der Waals surface area contributed by atoms with E-state index in [0.717, 1.165) is 6.26 Å². The van der Waals surface area contributed by atoms with Crippen molar-refractivity contribution in [3.05, 3.63) is 23.8 Å². The lowest BCUT2D eigenvalue weighted by molar-refractivity contribution is -0.146. The summed E-state index contributed by atoms with van der Waals surface area (Å²) in [6.45, 7) is 2.96. The van der Waals surface area contributed by atoms with Crippen molar-refractivity contribution in [2.24, 2.45) is 5.41 Å². The van der Waals surface area contributed by atoms with E-state index in [1.54, 1.807) is 0 Å². The first-order valence-corrected chi connectivity index (χ1v) is 7.19. The average Bonchev–Trinajstić information content (AvgIpc) is 2.18. The molecule has 0 fully saturated rings. The summed E-state index contributed by atoms with van der Waals surface area (Å²) in [5.41, 5.74) is -1.01. The Bertz CT molecular complexity index is 572. The summed E-state index contributed by atoms with van der Waals surface area (Å²) in [4.78, 5) is 11.0. The number of hydrogen-bond donors (Lipinski definition) is 2. The molecule has 0 aliphatic heterocycles. The van der Waals surface area contributed by atoms with Crippen molar-refractivity contribution in [1.82, 2.24) is 0 Å². The van der Waals surface area contributed by atoms with Crippen molar-refractivity contribution in [2.75, 3.05) is 6.26 Å². The molecule has 6 heteroatoms. The van der Waals surface area contributed by atoms with Crippen molar-refractivity contribution in [3.8, 4) is 5.75 Å². The highest BCUT2D eigenvalue weighted by Gasteiger charge is 2.31. The number of aliphatic carboxylic acids is 1. The van der Waals surface area contributed by atoms with Gasteiger partial charge in [0.15, 0.2) is 9.84 Å². The summed E-state index contributed by atoms with van der Waals surface area (Å²) in [6.07, 6.45) is 0.969. The van der Waals surface area contributed by atoms with Crippen LogP contribution in [0.15, 0.2) is 23.1 Å². The fourth-order valence-corrected chi connectivity index (χ4v) is 2.55. The maximum atomic E-state index is 11.6. The molecule has 0 radical (unpaired) electrons. The van der Waals surface area contributed by atoms with Crippen LogP contribution >= 0.6 is 0 Å². The first-order valence-electron chi connectivity index (χ1n) is 5.30. The van der Waals surface area contributed by atoms with Gasteiger partial charge in [0.1, 0.15) is 5.75 Å². The molecular weight excluding hydrogens is 256 g/mol. The van der Waals surface area contributed by atoms with E-state index in [9.17, 15) is 18.3 Å². The molecule has 0 aromatic heterocycles. The molecule has 0 saturated heterocycles. The first-order chi connectivity index (χ1) is 8.05. The third-order valence-electron chi connectivity index (χ3n) is 2.71. The zero-order valence-electron chi connectivity index (χ0n) is 10.5. The molecule has 1 rings (SSSR count). The van der Waals surface area contributed by atoms with Gasteiger partial charge in [0.25, 0.3) is 0 Å². The molecule has 1 aromatic carbocycles. The van der Waals surface area contributed by atoms with Crippen LogP contribution in [0.3, 0.4) is 0 Å². The molecule has 100 valence electrons. The second-order valence-corrected chi connectivity index (χ2v) is 6.88. The van der Waals surface area contributed by atoms with E-state index in [1.807, 2.05) is 0 Å². The summed E-state index contributed by atoms with van der Waals surface area (Å²) in [6, 6.07) is 4.13. The van der Waals surface area contributed by atoms with Gasteiger partial charge in [0, 0.05) is 11.8 Å². The number of carbonyl (C=O) groups is 1. The Morgan fingerprint density at radius 1 is 1.33 bits per heavy atom. The third-order valence-corrected chi connectivity index (χ3v) is 3.89. The zero-order chi connectivity index (χ0) is 14.1. The number of carboxylic acids is 1. The molecule has 2 N–H and O–H groups in total. The molecule has 1 aromatic rings. The lowest BCUT2D eigenvalue weighted by Crippen LogP contribution is -2.27. The zero-order valence-corrected chi connectivity index (χ0v) is 11.3. The summed E-state index contributed by atoms with van der Waals surface area (Å²) in [7, 11) is -3.51. The number of hydrogen-bond acceptors (Lipinski definition) is 4.